The first-order chi connectivity index (χ1) is 16.2. The maximum absolute atomic E-state index is 9.96. The quantitative estimate of drug-likeness (QED) is 0.366. The van der Waals surface area contributed by atoms with Crippen molar-refractivity contribution in [2.45, 2.75) is 62.4 Å². The van der Waals surface area contributed by atoms with Crippen LogP contribution < -0.4 is 9.64 Å². The highest BCUT2D eigenvalue weighted by Gasteiger charge is 2.26. The lowest BCUT2D eigenvalue weighted by Gasteiger charge is -2.30. The minimum Gasteiger partial charge on any atom is -0.490 e. The van der Waals surface area contributed by atoms with Gasteiger partial charge >= 0.3 is 0 Å². The van der Waals surface area contributed by atoms with Crippen LogP contribution in [0.5, 0.6) is 5.75 Å². The van der Waals surface area contributed by atoms with Crippen LogP contribution in [0.3, 0.4) is 0 Å². The molecule has 5 heteroatoms. The maximum Gasteiger partial charge on any atom is 0.125 e. The van der Waals surface area contributed by atoms with Crippen molar-refractivity contribution in [2.75, 3.05) is 37.8 Å². The summed E-state index contributed by atoms with van der Waals surface area (Å²) in [6, 6.07) is 15.4. The number of carbonyl (C=O) groups excluding carboxylic acids is 1. The van der Waals surface area contributed by atoms with Gasteiger partial charge in [-0.25, -0.2) is 0 Å². The number of piperidine rings is 1. The second-order valence-corrected chi connectivity index (χ2v) is 10.4. The zero-order chi connectivity index (χ0) is 23.0. The normalized spacial score (nSPS) is 19.2. The van der Waals surface area contributed by atoms with Crippen LogP contribution in [-0.2, 0) is 11.2 Å². The van der Waals surface area contributed by atoms with Crippen molar-refractivity contribution in [3.8, 4) is 5.75 Å². The van der Waals surface area contributed by atoms with Gasteiger partial charge in [0.2, 0.25) is 0 Å². The van der Waals surface area contributed by atoms with E-state index in [1.54, 1.807) is 11.8 Å². The van der Waals surface area contributed by atoms with Crippen LogP contribution >= 0.6 is 11.8 Å². The lowest BCUT2D eigenvalue weighted by Crippen LogP contribution is -2.35. The lowest BCUT2D eigenvalue weighted by molar-refractivity contribution is -0.108. The minimum atomic E-state index is 0.359. The molecule has 0 radical (unpaired) electrons. The van der Waals surface area contributed by atoms with Crippen molar-refractivity contribution >= 4 is 29.4 Å². The van der Waals surface area contributed by atoms with Crippen molar-refractivity contribution in [3.63, 3.8) is 0 Å². The van der Waals surface area contributed by atoms with Crippen molar-refractivity contribution in [1.29, 1.82) is 0 Å². The summed E-state index contributed by atoms with van der Waals surface area (Å²) in [5.41, 5.74) is 3.95. The second-order valence-electron chi connectivity index (χ2n) is 9.53. The van der Waals surface area contributed by atoms with Gasteiger partial charge in [-0.1, -0.05) is 31.7 Å². The third-order valence-corrected chi connectivity index (χ3v) is 7.98. The number of likely N-dealkylation sites (tertiary alicyclic amines) is 1. The van der Waals surface area contributed by atoms with Crippen LogP contribution in [0.25, 0.3) is 0 Å². The first-order valence-electron chi connectivity index (χ1n) is 12.5. The van der Waals surface area contributed by atoms with Gasteiger partial charge in [0.15, 0.2) is 0 Å². The summed E-state index contributed by atoms with van der Waals surface area (Å²) in [4.78, 5) is 16.1. The zero-order valence-electron chi connectivity index (χ0n) is 20.2. The van der Waals surface area contributed by atoms with E-state index in [4.69, 9.17) is 4.74 Å². The minimum absolute atomic E-state index is 0.359. The number of ether oxygens (including phenoxy) is 1. The number of hydrogen-bond acceptors (Lipinski definition) is 5. The molecule has 1 saturated heterocycles. The van der Waals surface area contributed by atoms with Gasteiger partial charge in [-0.05, 0) is 74.9 Å². The van der Waals surface area contributed by atoms with E-state index >= 15 is 0 Å². The number of hydrogen-bond donors (Lipinski definition) is 0. The molecule has 3 aliphatic rings. The molecule has 2 aromatic rings. The molecule has 2 aromatic carbocycles. The summed E-state index contributed by atoms with van der Waals surface area (Å²) >= 11 is 1.79. The summed E-state index contributed by atoms with van der Waals surface area (Å²) in [5, 5.41) is 0. The Bertz CT molecular complexity index is 887. The van der Waals surface area contributed by atoms with E-state index in [0.717, 1.165) is 63.3 Å². The molecule has 0 bridgehead atoms. The van der Waals surface area contributed by atoms with Gasteiger partial charge in [0, 0.05) is 47.9 Å². The van der Waals surface area contributed by atoms with E-state index in [0.29, 0.717) is 6.10 Å². The molecule has 4 nitrogen and oxygen atoms in total. The molecule has 0 unspecified atom stereocenters. The van der Waals surface area contributed by atoms with Crippen LogP contribution in [0.2, 0.25) is 0 Å². The fourth-order valence-electron chi connectivity index (χ4n) is 5.21. The highest BCUT2D eigenvalue weighted by atomic mass is 32.2. The number of rotatable bonds is 6. The molecule has 178 valence electrons. The molecule has 0 atom stereocenters. The molecule has 33 heavy (non-hydrogen) atoms. The van der Waals surface area contributed by atoms with Crippen LogP contribution in [0, 0.1) is 5.92 Å². The number of benzene rings is 2. The Morgan fingerprint density at radius 1 is 1.00 bits per heavy atom. The lowest BCUT2D eigenvalue weighted by atomic mass is 10.1. The SMILES string of the molecule is CSc1ccc(N2CCc3c(OC4CCN(C)CC4)cccc32)cc1.O=CCC1CCCC1. The Morgan fingerprint density at radius 2 is 1.73 bits per heavy atom. The zero-order valence-corrected chi connectivity index (χ0v) is 21.0. The van der Waals surface area contributed by atoms with E-state index < -0.39 is 0 Å². The average Bonchev–Trinajstić information content (AvgIpc) is 3.52. The first kappa shape index (κ1) is 24.2. The third kappa shape index (κ3) is 6.33. The van der Waals surface area contributed by atoms with Crippen LogP contribution in [0.1, 0.15) is 50.5 Å². The summed E-state index contributed by atoms with van der Waals surface area (Å²) < 4.78 is 6.41. The molecule has 0 amide bonds. The molecule has 5 rings (SSSR count). The number of carbonyl (C=O) groups is 1. The van der Waals surface area contributed by atoms with Crippen LogP contribution in [0.4, 0.5) is 11.4 Å². The van der Waals surface area contributed by atoms with E-state index in [1.807, 2.05) is 0 Å². The summed E-state index contributed by atoms with van der Waals surface area (Å²) in [6.45, 7) is 3.29. The van der Waals surface area contributed by atoms with Gasteiger partial charge < -0.3 is 19.3 Å². The molecule has 2 fully saturated rings. The maximum atomic E-state index is 9.96. The van der Waals surface area contributed by atoms with Crippen molar-refractivity contribution in [3.05, 3.63) is 48.0 Å². The topological polar surface area (TPSA) is 32.8 Å². The molecule has 1 aliphatic carbocycles. The first-order valence-corrected chi connectivity index (χ1v) is 13.7. The Labute approximate surface area is 203 Å². The second kappa shape index (κ2) is 11.9. The molecular weight excluding hydrogens is 428 g/mol. The predicted molar refractivity (Wildman–Crippen MR) is 139 cm³/mol. The Kier molecular flexibility index (Phi) is 8.74. The smallest absolute Gasteiger partial charge is 0.125 e. The Balaban J connectivity index is 0.000000275. The summed E-state index contributed by atoms with van der Waals surface area (Å²) in [7, 11) is 2.19. The Morgan fingerprint density at radius 3 is 2.39 bits per heavy atom. The van der Waals surface area contributed by atoms with Gasteiger partial charge in [-0.15, -0.1) is 11.8 Å². The number of aldehydes is 1. The van der Waals surface area contributed by atoms with Crippen molar-refractivity contribution < 1.29 is 9.53 Å². The van der Waals surface area contributed by atoms with E-state index in [2.05, 4.69) is 65.6 Å². The largest absolute Gasteiger partial charge is 0.490 e. The van der Waals surface area contributed by atoms with E-state index in [-0.39, 0.29) is 0 Å². The van der Waals surface area contributed by atoms with Gasteiger partial charge in [0.25, 0.3) is 0 Å². The summed E-state index contributed by atoms with van der Waals surface area (Å²) in [6.07, 6.45) is 12.9. The third-order valence-electron chi connectivity index (χ3n) is 7.23. The number of anilines is 2. The number of thioether (sulfide) groups is 1. The van der Waals surface area contributed by atoms with Crippen molar-refractivity contribution in [2.24, 2.45) is 5.92 Å². The predicted octanol–water partition coefficient (Wildman–Crippen LogP) is 6.34. The molecule has 1 saturated carbocycles. The molecule has 0 spiro atoms. The van der Waals surface area contributed by atoms with Gasteiger partial charge in [-0.2, -0.15) is 0 Å². The molecule has 2 heterocycles. The van der Waals surface area contributed by atoms with Crippen molar-refractivity contribution in [1.82, 2.24) is 4.90 Å². The standard InChI is InChI=1S/C21H26N2OS.C7H12O/c1-22-13-10-17(11-14-22)24-21-5-3-4-20-19(21)12-15-23(20)16-6-8-18(25-2)9-7-16;8-6-5-7-3-1-2-4-7/h3-9,17H,10-15H2,1-2H3;6-7H,1-5H2. The Hall–Kier alpha value is -1.98. The van der Waals surface area contributed by atoms with Gasteiger partial charge in [0.1, 0.15) is 18.1 Å². The van der Waals surface area contributed by atoms with Gasteiger partial charge in [-0.3, -0.25) is 0 Å². The van der Waals surface area contributed by atoms with Crippen LogP contribution in [0.15, 0.2) is 47.4 Å². The van der Waals surface area contributed by atoms with E-state index in [9.17, 15) is 4.79 Å². The molecule has 0 aromatic heterocycles. The highest BCUT2D eigenvalue weighted by Crippen LogP contribution is 2.40. The number of fused-ring (bicyclic) bond motifs is 1. The fourth-order valence-corrected chi connectivity index (χ4v) is 5.62. The monoisotopic (exact) mass is 466 g/mol. The van der Waals surface area contributed by atoms with Gasteiger partial charge in [0.05, 0.1) is 0 Å². The van der Waals surface area contributed by atoms with E-state index in [1.165, 1.54) is 47.5 Å². The molecule has 2 aliphatic heterocycles. The molecule has 0 N–H and O–H groups in total. The molecular formula is C28H38N2O2S. The summed E-state index contributed by atoms with van der Waals surface area (Å²) in [5.74, 6) is 1.84. The highest BCUT2D eigenvalue weighted by molar-refractivity contribution is 7.98. The average molecular weight is 467 g/mol. The fraction of sp³-hybridized carbons (Fsp3) is 0.536. The number of nitrogens with zero attached hydrogens (tertiary/aromatic N) is 2. The van der Waals surface area contributed by atoms with Crippen LogP contribution in [-0.4, -0.2) is 50.2 Å².